The molecule has 1 N–H and O–H groups in total. The summed E-state index contributed by atoms with van der Waals surface area (Å²) in [6, 6.07) is 2.11. The maximum absolute atomic E-state index is 4.89. The first kappa shape index (κ1) is 15.3. The van der Waals surface area contributed by atoms with E-state index in [2.05, 4.69) is 46.0 Å². The van der Waals surface area contributed by atoms with Gasteiger partial charge in [-0.2, -0.15) is 0 Å². The van der Waals surface area contributed by atoms with Gasteiger partial charge in [-0.1, -0.05) is 40.5 Å². The fraction of sp³-hybridized carbons (Fsp3) is 0.765. The second-order valence-corrected chi connectivity index (χ2v) is 7.25. The first-order chi connectivity index (χ1) is 9.40. The molecule has 1 aliphatic rings. The molecule has 1 saturated carbocycles. The van der Waals surface area contributed by atoms with Crippen LogP contribution >= 0.6 is 0 Å². The highest BCUT2D eigenvalue weighted by Crippen LogP contribution is 2.35. The predicted molar refractivity (Wildman–Crippen MR) is 85.3 cm³/mol. The first-order valence-corrected chi connectivity index (χ1v) is 8.03. The van der Waals surface area contributed by atoms with E-state index < -0.39 is 0 Å². The Balaban J connectivity index is 2.33. The molecule has 1 aromatic rings. The smallest absolute Gasteiger partial charge is 0.134 e. The molecule has 1 aliphatic carbocycles. The lowest BCUT2D eigenvalue weighted by Gasteiger charge is -2.27. The Hall–Kier alpha value is -1.12. The highest BCUT2D eigenvalue weighted by Gasteiger charge is 2.25. The van der Waals surface area contributed by atoms with Crippen molar-refractivity contribution >= 4 is 5.82 Å². The molecule has 3 heteroatoms. The zero-order valence-electron chi connectivity index (χ0n) is 13.7. The van der Waals surface area contributed by atoms with Crippen LogP contribution < -0.4 is 5.32 Å². The maximum atomic E-state index is 4.89. The third-order valence-corrected chi connectivity index (χ3v) is 4.17. The highest BCUT2D eigenvalue weighted by molar-refractivity contribution is 5.38. The summed E-state index contributed by atoms with van der Waals surface area (Å²) in [5.74, 6) is 3.39. The Morgan fingerprint density at radius 1 is 1.25 bits per heavy atom. The van der Waals surface area contributed by atoms with Crippen LogP contribution in [0.3, 0.4) is 0 Å². The minimum atomic E-state index is 0.0716. The van der Waals surface area contributed by atoms with Gasteiger partial charge in [-0.15, -0.1) is 0 Å². The van der Waals surface area contributed by atoms with Crippen molar-refractivity contribution in [1.82, 2.24) is 9.97 Å². The molecule has 2 rings (SSSR count). The molecule has 1 heterocycles. The van der Waals surface area contributed by atoms with Gasteiger partial charge in [-0.25, -0.2) is 9.97 Å². The second kappa shape index (κ2) is 6.11. The van der Waals surface area contributed by atoms with E-state index in [-0.39, 0.29) is 5.41 Å². The molecule has 0 radical (unpaired) electrons. The molecule has 0 spiro atoms. The molecule has 0 bridgehead atoms. The van der Waals surface area contributed by atoms with Gasteiger partial charge in [0.2, 0.25) is 0 Å². The van der Waals surface area contributed by atoms with Crippen molar-refractivity contribution in [2.75, 3.05) is 11.9 Å². The van der Waals surface area contributed by atoms with Gasteiger partial charge in [-0.05, 0) is 25.7 Å². The van der Waals surface area contributed by atoms with E-state index in [4.69, 9.17) is 9.97 Å². The van der Waals surface area contributed by atoms with Crippen molar-refractivity contribution < 1.29 is 0 Å². The van der Waals surface area contributed by atoms with E-state index in [0.717, 1.165) is 29.8 Å². The summed E-state index contributed by atoms with van der Waals surface area (Å²) in [7, 11) is 0. The largest absolute Gasteiger partial charge is 0.370 e. The molecule has 0 saturated heterocycles. The van der Waals surface area contributed by atoms with Crippen LogP contribution in [0, 0.1) is 5.92 Å². The lowest BCUT2D eigenvalue weighted by Crippen LogP contribution is -2.20. The number of nitrogens with zero attached hydrogens (tertiary/aromatic N) is 2. The summed E-state index contributed by atoms with van der Waals surface area (Å²) >= 11 is 0. The molecule has 0 amide bonds. The van der Waals surface area contributed by atoms with Crippen LogP contribution in [0.2, 0.25) is 0 Å². The standard InChI is InChI=1S/C17H29N3/c1-6-18-15-11-14(17(3,4)5)19-16(20-15)13-9-7-8-12(2)10-13/h11-13H,6-10H2,1-5H3,(H,18,19,20). The minimum absolute atomic E-state index is 0.0716. The molecule has 0 aliphatic heterocycles. The third-order valence-electron chi connectivity index (χ3n) is 4.17. The van der Waals surface area contributed by atoms with Crippen molar-refractivity contribution in [3.05, 3.63) is 17.6 Å². The van der Waals surface area contributed by atoms with Crippen LogP contribution in [0.4, 0.5) is 5.82 Å². The molecular weight excluding hydrogens is 246 g/mol. The van der Waals surface area contributed by atoms with Gasteiger partial charge in [0.25, 0.3) is 0 Å². The van der Waals surface area contributed by atoms with E-state index in [1.54, 1.807) is 0 Å². The van der Waals surface area contributed by atoms with Crippen LogP contribution in [0.5, 0.6) is 0 Å². The fourth-order valence-electron chi connectivity index (χ4n) is 2.97. The number of hydrogen-bond acceptors (Lipinski definition) is 3. The Kier molecular flexibility index (Phi) is 4.66. The summed E-state index contributed by atoms with van der Waals surface area (Å²) < 4.78 is 0. The quantitative estimate of drug-likeness (QED) is 0.882. The maximum Gasteiger partial charge on any atom is 0.134 e. The summed E-state index contributed by atoms with van der Waals surface area (Å²) in [5, 5.41) is 3.36. The Bertz CT molecular complexity index is 448. The van der Waals surface area contributed by atoms with Gasteiger partial charge in [0.05, 0.1) is 5.69 Å². The monoisotopic (exact) mass is 275 g/mol. The Morgan fingerprint density at radius 3 is 2.60 bits per heavy atom. The SMILES string of the molecule is CCNc1cc(C(C)(C)C)nc(C2CCCC(C)C2)n1. The van der Waals surface area contributed by atoms with E-state index in [9.17, 15) is 0 Å². The van der Waals surface area contributed by atoms with Crippen LogP contribution in [-0.4, -0.2) is 16.5 Å². The minimum Gasteiger partial charge on any atom is -0.370 e. The fourth-order valence-corrected chi connectivity index (χ4v) is 2.97. The topological polar surface area (TPSA) is 37.8 Å². The van der Waals surface area contributed by atoms with Crippen molar-refractivity contribution in [1.29, 1.82) is 0 Å². The van der Waals surface area contributed by atoms with E-state index in [1.807, 2.05) is 0 Å². The van der Waals surface area contributed by atoms with Crippen molar-refractivity contribution in [2.45, 2.75) is 71.6 Å². The molecule has 2 atom stereocenters. The molecule has 1 aromatic heterocycles. The number of anilines is 1. The molecule has 0 aromatic carbocycles. The Labute approximate surface area is 123 Å². The lowest BCUT2D eigenvalue weighted by molar-refractivity contribution is 0.334. The molecule has 112 valence electrons. The molecule has 2 unspecified atom stereocenters. The molecule has 3 nitrogen and oxygen atoms in total. The first-order valence-electron chi connectivity index (χ1n) is 8.03. The van der Waals surface area contributed by atoms with Crippen molar-refractivity contribution in [3.63, 3.8) is 0 Å². The third kappa shape index (κ3) is 3.71. The van der Waals surface area contributed by atoms with Crippen LogP contribution in [0.15, 0.2) is 6.07 Å². The normalized spacial score (nSPS) is 23.6. The average molecular weight is 275 g/mol. The molecule has 20 heavy (non-hydrogen) atoms. The number of nitrogens with one attached hydrogen (secondary N) is 1. The van der Waals surface area contributed by atoms with Gasteiger partial charge >= 0.3 is 0 Å². The molecular formula is C17H29N3. The summed E-state index contributed by atoms with van der Waals surface area (Å²) in [6.45, 7) is 12.0. The van der Waals surface area contributed by atoms with Gasteiger partial charge in [0.15, 0.2) is 0 Å². The zero-order chi connectivity index (χ0) is 14.8. The predicted octanol–water partition coefficient (Wildman–Crippen LogP) is 4.50. The number of hydrogen-bond donors (Lipinski definition) is 1. The van der Waals surface area contributed by atoms with Crippen molar-refractivity contribution in [2.24, 2.45) is 5.92 Å². The van der Waals surface area contributed by atoms with Crippen LogP contribution in [0.1, 0.15) is 77.7 Å². The van der Waals surface area contributed by atoms with E-state index in [0.29, 0.717) is 5.92 Å². The summed E-state index contributed by atoms with van der Waals surface area (Å²) in [4.78, 5) is 9.67. The zero-order valence-corrected chi connectivity index (χ0v) is 13.7. The number of aromatic nitrogens is 2. The van der Waals surface area contributed by atoms with Crippen LogP contribution in [0.25, 0.3) is 0 Å². The van der Waals surface area contributed by atoms with Crippen LogP contribution in [-0.2, 0) is 5.41 Å². The summed E-state index contributed by atoms with van der Waals surface area (Å²) in [6.07, 6.45) is 5.14. The van der Waals surface area contributed by atoms with Gasteiger partial charge in [0.1, 0.15) is 11.6 Å². The highest BCUT2D eigenvalue weighted by atomic mass is 15.0. The summed E-state index contributed by atoms with van der Waals surface area (Å²) in [5.41, 5.74) is 1.22. The van der Waals surface area contributed by atoms with E-state index in [1.165, 1.54) is 25.7 Å². The molecule has 1 fully saturated rings. The van der Waals surface area contributed by atoms with Gasteiger partial charge in [-0.3, -0.25) is 0 Å². The second-order valence-electron chi connectivity index (χ2n) is 7.25. The van der Waals surface area contributed by atoms with Crippen molar-refractivity contribution in [3.8, 4) is 0 Å². The van der Waals surface area contributed by atoms with Gasteiger partial charge in [0, 0.05) is 23.9 Å². The Morgan fingerprint density at radius 2 is 2.00 bits per heavy atom. The van der Waals surface area contributed by atoms with E-state index >= 15 is 0 Å². The average Bonchev–Trinajstić information content (AvgIpc) is 2.38. The van der Waals surface area contributed by atoms with Gasteiger partial charge < -0.3 is 5.32 Å². The lowest BCUT2D eigenvalue weighted by atomic mass is 9.82. The number of rotatable bonds is 3.